The fourth-order valence-corrected chi connectivity index (χ4v) is 5.49. The number of aromatic nitrogens is 1. The number of methoxy groups -OCH3 is 1. The van der Waals surface area contributed by atoms with Gasteiger partial charge in [0.2, 0.25) is 0 Å². The summed E-state index contributed by atoms with van der Waals surface area (Å²) in [5, 5.41) is 3.01. The largest absolute Gasteiger partial charge is 0.495 e. The van der Waals surface area contributed by atoms with Crippen LogP contribution >= 0.6 is 0 Å². The number of esters is 1. The number of urea groups is 1. The predicted octanol–water partition coefficient (Wildman–Crippen LogP) is 4.50. The SMILES string of the molecule is COc1ccccc1NC(=O)N1CCC(CC(=O)OC(C)(C)C)C(CCN2CCN(c3ccccn3)CC2)C1. The zero-order valence-corrected chi connectivity index (χ0v) is 23.8. The van der Waals surface area contributed by atoms with Crippen LogP contribution in [-0.2, 0) is 9.53 Å². The fourth-order valence-electron chi connectivity index (χ4n) is 5.49. The quantitative estimate of drug-likeness (QED) is 0.496. The van der Waals surface area contributed by atoms with E-state index < -0.39 is 5.60 Å². The first kappa shape index (κ1) is 28.7. The average molecular weight is 538 g/mol. The molecule has 2 unspecified atom stereocenters. The number of ether oxygens (including phenoxy) is 2. The molecule has 1 aromatic carbocycles. The minimum Gasteiger partial charge on any atom is -0.495 e. The van der Waals surface area contributed by atoms with Crippen LogP contribution in [0.25, 0.3) is 0 Å². The molecule has 2 atom stereocenters. The van der Waals surface area contributed by atoms with Gasteiger partial charge in [0.15, 0.2) is 0 Å². The number of amides is 2. The molecule has 212 valence electrons. The minimum atomic E-state index is -0.505. The summed E-state index contributed by atoms with van der Waals surface area (Å²) >= 11 is 0. The van der Waals surface area contributed by atoms with Gasteiger partial charge in [0.25, 0.3) is 0 Å². The van der Waals surface area contributed by atoms with Gasteiger partial charge in [-0.3, -0.25) is 9.69 Å². The number of para-hydroxylation sites is 2. The van der Waals surface area contributed by atoms with Crippen LogP contribution in [0.2, 0.25) is 0 Å². The fraction of sp³-hybridized carbons (Fsp3) is 0.567. The van der Waals surface area contributed by atoms with Crippen LogP contribution in [0.15, 0.2) is 48.7 Å². The number of piperidine rings is 1. The van der Waals surface area contributed by atoms with Gasteiger partial charge in [0.1, 0.15) is 17.2 Å². The second-order valence-electron chi connectivity index (χ2n) is 11.5. The number of likely N-dealkylation sites (tertiary alicyclic amines) is 1. The Bertz CT molecular complexity index is 1080. The average Bonchev–Trinajstić information content (AvgIpc) is 2.92. The van der Waals surface area contributed by atoms with Crippen LogP contribution in [0.3, 0.4) is 0 Å². The molecule has 39 heavy (non-hydrogen) atoms. The van der Waals surface area contributed by atoms with Crippen molar-refractivity contribution in [3.8, 4) is 5.75 Å². The second-order valence-corrected chi connectivity index (χ2v) is 11.5. The van der Waals surface area contributed by atoms with Crippen molar-refractivity contribution in [2.75, 3.05) is 63.1 Å². The molecular weight excluding hydrogens is 494 g/mol. The molecule has 9 nitrogen and oxygen atoms in total. The van der Waals surface area contributed by atoms with E-state index in [1.807, 2.05) is 68.3 Å². The van der Waals surface area contributed by atoms with Gasteiger partial charge in [-0.1, -0.05) is 18.2 Å². The Balaban J connectivity index is 1.36. The third kappa shape index (κ3) is 8.33. The predicted molar refractivity (Wildman–Crippen MR) is 153 cm³/mol. The van der Waals surface area contributed by atoms with Gasteiger partial charge in [0, 0.05) is 51.9 Å². The van der Waals surface area contributed by atoms with Gasteiger partial charge in [-0.25, -0.2) is 9.78 Å². The molecular formula is C30H43N5O4. The highest BCUT2D eigenvalue weighted by atomic mass is 16.6. The summed E-state index contributed by atoms with van der Waals surface area (Å²) in [7, 11) is 1.60. The Labute approximate surface area is 232 Å². The first-order valence-electron chi connectivity index (χ1n) is 14.0. The third-order valence-corrected chi connectivity index (χ3v) is 7.54. The van der Waals surface area contributed by atoms with Gasteiger partial charge >= 0.3 is 12.0 Å². The maximum absolute atomic E-state index is 13.2. The number of carbonyl (C=O) groups is 2. The summed E-state index contributed by atoms with van der Waals surface area (Å²) in [5.74, 6) is 1.90. The maximum atomic E-state index is 13.2. The Morgan fingerprint density at radius 1 is 1.00 bits per heavy atom. The van der Waals surface area contributed by atoms with Crippen LogP contribution in [0, 0.1) is 11.8 Å². The lowest BCUT2D eigenvalue weighted by Gasteiger charge is -2.40. The minimum absolute atomic E-state index is 0.135. The molecule has 2 amide bonds. The summed E-state index contributed by atoms with van der Waals surface area (Å²) in [6.45, 7) is 11.7. The molecule has 0 spiro atoms. The Hall–Kier alpha value is -3.33. The van der Waals surface area contributed by atoms with E-state index in [0.717, 1.165) is 51.4 Å². The van der Waals surface area contributed by atoms with E-state index in [0.29, 0.717) is 30.9 Å². The lowest BCUT2D eigenvalue weighted by atomic mass is 9.81. The Morgan fingerprint density at radius 3 is 2.44 bits per heavy atom. The molecule has 9 heteroatoms. The van der Waals surface area contributed by atoms with Crippen molar-refractivity contribution in [2.24, 2.45) is 11.8 Å². The van der Waals surface area contributed by atoms with Gasteiger partial charge in [-0.2, -0.15) is 0 Å². The van der Waals surface area contributed by atoms with E-state index in [1.54, 1.807) is 7.11 Å². The molecule has 1 N–H and O–H groups in total. The first-order chi connectivity index (χ1) is 18.7. The maximum Gasteiger partial charge on any atom is 0.321 e. The zero-order chi connectivity index (χ0) is 27.8. The standard InChI is InChI=1S/C30H43N5O4/c1-30(2,3)39-28(36)21-23-13-16-35(29(37)32-25-9-5-6-10-26(25)38-4)22-24(23)12-15-33-17-19-34(20-18-33)27-11-7-8-14-31-27/h5-11,14,23-24H,12-13,15-22H2,1-4H3,(H,32,37). The van der Waals surface area contributed by atoms with Gasteiger partial charge in [-0.05, 0) is 76.3 Å². The Kier molecular flexibility index (Phi) is 9.67. The van der Waals surface area contributed by atoms with E-state index >= 15 is 0 Å². The van der Waals surface area contributed by atoms with E-state index in [9.17, 15) is 9.59 Å². The van der Waals surface area contributed by atoms with E-state index in [1.165, 1.54) is 0 Å². The lowest BCUT2D eigenvalue weighted by Crippen LogP contribution is -2.49. The summed E-state index contributed by atoms with van der Waals surface area (Å²) in [6.07, 6.45) is 3.93. The first-order valence-corrected chi connectivity index (χ1v) is 14.0. The van der Waals surface area contributed by atoms with Gasteiger partial charge in [-0.15, -0.1) is 0 Å². The summed E-state index contributed by atoms with van der Waals surface area (Å²) in [4.78, 5) is 37.1. The lowest BCUT2D eigenvalue weighted by molar-refractivity contribution is -0.156. The van der Waals surface area contributed by atoms with Gasteiger partial charge < -0.3 is 24.6 Å². The normalized spacial score (nSPS) is 20.4. The highest BCUT2D eigenvalue weighted by Gasteiger charge is 2.34. The van der Waals surface area contributed by atoms with Crippen molar-refractivity contribution < 1.29 is 19.1 Å². The molecule has 4 rings (SSSR count). The third-order valence-electron chi connectivity index (χ3n) is 7.54. The molecule has 1 aromatic heterocycles. The highest BCUT2D eigenvalue weighted by Crippen LogP contribution is 2.32. The molecule has 2 saturated heterocycles. The number of pyridine rings is 1. The molecule has 0 radical (unpaired) electrons. The number of anilines is 2. The Morgan fingerprint density at radius 2 is 1.74 bits per heavy atom. The highest BCUT2D eigenvalue weighted by molar-refractivity contribution is 5.91. The summed E-state index contributed by atoms with van der Waals surface area (Å²) in [5.41, 5.74) is 0.151. The van der Waals surface area contributed by atoms with Crippen molar-refractivity contribution in [2.45, 2.75) is 45.6 Å². The molecule has 0 bridgehead atoms. The number of carbonyl (C=O) groups excluding carboxylic acids is 2. The van der Waals surface area contributed by atoms with E-state index in [-0.39, 0.29) is 23.8 Å². The summed E-state index contributed by atoms with van der Waals surface area (Å²) < 4.78 is 11.0. The van der Waals surface area contributed by atoms with Crippen LogP contribution in [0.5, 0.6) is 5.75 Å². The molecule has 0 aliphatic carbocycles. The van der Waals surface area contributed by atoms with E-state index in [4.69, 9.17) is 9.47 Å². The number of benzene rings is 1. The number of nitrogens with zero attached hydrogens (tertiary/aromatic N) is 4. The number of piperazine rings is 1. The smallest absolute Gasteiger partial charge is 0.321 e. The zero-order valence-electron chi connectivity index (χ0n) is 23.8. The number of nitrogens with one attached hydrogen (secondary N) is 1. The molecule has 2 fully saturated rings. The van der Waals surface area contributed by atoms with Crippen LogP contribution in [-0.4, -0.2) is 85.3 Å². The number of hydrogen-bond acceptors (Lipinski definition) is 7. The van der Waals surface area contributed by atoms with Crippen molar-refractivity contribution in [3.63, 3.8) is 0 Å². The van der Waals surface area contributed by atoms with Gasteiger partial charge in [0.05, 0.1) is 12.8 Å². The second kappa shape index (κ2) is 13.2. The molecule has 2 aromatic rings. The van der Waals surface area contributed by atoms with Crippen molar-refractivity contribution in [3.05, 3.63) is 48.7 Å². The summed E-state index contributed by atoms with van der Waals surface area (Å²) in [6, 6.07) is 13.3. The van der Waals surface area contributed by atoms with Crippen molar-refractivity contribution in [1.82, 2.24) is 14.8 Å². The topological polar surface area (TPSA) is 87.2 Å². The number of hydrogen-bond donors (Lipinski definition) is 1. The number of rotatable bonds is 8. The van der Waals surface area contributed by atoms with Crippen LogP contribution < -0.4 is 15.0 Å². The van der Waals surface area contributed by atoms with E-state index in [2.05, 4.69) is 26.2 Å². The molecule has 0 saturated carbocycles. The van der Waals surface area contributed by atoms with Crippen molar-refractivity contribution >= 4 is 23.5 Å². The molecule has 2 aliphatic rings. The van der Waals surface area contributed by atoms with Crippen LogP contribution in [0.4, 0.5) is 16.3 Å². The van der Waals surface area contributed by atoms with Crippen LogP contribution in [0.1, 0.15) is 40.0 Å². The molecule has 2 aliphatic heterocycles. The van der Waals surface area contributed by atoms with Crippen molar-refractivity contribution in [1.29, 1.82) is 0 Å². The molecule has 3 heterocycles. The monoisotopic (exact) mass is 537 g/mol.